The van der Waals surface area contributed by atoms with Crippen LogP contribution in [-0.2, 0) is 4.79 Å². The molecule has 20 heavy (non-hydrogen) atoms. The number of rotatable bonds is 4. The van der Waals surface area contributed by atoms with Crippen LogP contribution in [0.15, 0.2) is 29.2 Å². The lowest BCUT2D eigenvalue weighted by Gasteiger charge is -2.12. The zero-order chi connectivity index (χ0) is 13.8. The van der Waals surface area contributed by atoms with E-state index in [2.05, 4.69) is 22.8 Å². The van der Waals surface area contributed by atoms with E-state index in [1.807, 2.05) is 23.9 Å². The summed E-state index contributed by atoms with van der Waals surface area (Å²) in [4.78, 5) is 13.3. The summed E-state index contributed by atoms with van der Waals surface area (Å²) in [5, 5.41) is 6.95. The minimum Gasteiger partial charge on any atom is -0.325 e. The second-order valence-electron chi connectivity index (χ2n) is 5.31. The van der Waals surface area contributed by atoms with E-state index < -0.39 is 0 Å². The molecule has 1 aromatic rings. The SMILES string of the molecule is O=C(Nc1ccc(SC2CCCC2)cc1)C1CSCN1. The molecule has 0 spiro atoms. The van der Waals surface area contributed by atoms with Crippen LogP contribution in [0, 0.1) is 0 Å². The third kappa shape index (κ3) is 3.71. The van der Waals surface area contributed by atoms with Gasteiger partial charge < -0.3 is 5.32 Å². The smallest absolute Gasteiger partial charge is 0.242 e. The zero-order valence-corrected chi connectivity index (χ0v) is 13.1. The monoisotopic (exact) mass is 308 g/mol. The number of amides is 1. The summed E-state index contributed by atoms with van der Waals surface area (Å²) in [6.07, 6.45) is 5.43. The van der Waals surface area contributed by atoms with Crippen molar-refractivity contribution in [3.8, 4) is 0 Å². The molecule has 108 valence electrons. The van der Waals surface area contributed by atoms with Crippen molar-refractivity contribution >= 4 is 35.1 Å². The lowest BCUT2D eigenvalue weighted by Crippen LogP contribution is -2.37. The Balaban J connectivity index is 1.53. The zero-order valence-electron chi connectivity index (χ0n) is 11.4. The third-order valence-electron chi connectivity index (χ3n) is 3.76. The van der Waals surface area contributed by atoms with Gasteiger partial charge in [-0.25, -0.2) is 0 Å². The van der Waals surface area contributed by atoms with Crippen LogP contribution in [0.5, 0.6) is 0 Å². The lowest BCUT2D eigenvalue weighted by molar-refractivity contribution is -0.117. The van der Waals surface area contributed by atoms with Crippen molar-refractivity contribution in [2.45, 2.75) is 41.9 Å². The molecule has 1 unspecified atom stereocenters. The predicted octanol–water partition coefficient (Wildman–Crippen LogP) is 3.32. The highest BCUT2D eigenvalue weighted by atomic mass is 32.2. The summed E-state index contributed by atoms with van der Waals surface area (Å²) in [6, 6.07) is 8.21. The summed E-state index contributed by atoms with van der Waals surface area (Å²) in [6.45, 7) is 0. The summed E-state index contributed by atoms with van der Waals surface area (Å²) in [5.41, 5.74) is 0.893. The third-order valence-corrected chi connectivity index (χ3v) is 6.05. The average molecular weight is 308 g/mol. The van der Waals surface area contributed by atoms with E-state index in [-0.39, 0.29) is 11.9 Å². The van der Waals surface area contributed by atoms with Crippen LogP contribution in [0.4, 0.5) is 5.69 Å². The Morgan fingerprint density at radius 1 is 1.25 bits per heavy atom. The van der Waals surface area contributed by atoms with Gasteiger partial charge in [0.05, 0.1) is 6.04 Å². The summed E-state index contributed by atoms with van der Waals surface area (Å²) in [5.74, 6) is 1.81. The normalized spacial score (nSPS) is 23.1. The van der Waals surface area contributed by atoms with Crippen molar-refractivity contribution in [2.75, 3.05) is 16.9 Å². The highest BCUT2D eigenvalue weighted by molar-refractivity contribution is 8.00. The van der Waals surface area contributed by atoms with Crippen LogP contribution < -0.4 is 10.6 Å². The Bertz CT molecular complexity index is 451. The van der Waals surface area contributed by atoms with Crippen molar-refractivity contribution in [3.63, 3.8) is 0 Å². The second kappa shape index (κ2) is 6.87. The first-order valence-corrected chi connectivity index (χ1v) is 9.23. The number of nitrogens with one attached hydrogen (secondary N) is 2. The molecule has 3 rings (SSSR count). The van der Waals surface area contributed by atoms with Crippen LogP contribution in [0.1, 0.15) is 25.7 Å². The lowest BCUT2D eigenvalue weighted by atomic mass is 10.2. The van der Waals surface area contributed by atoms with Crippen LogP contribution in [0.3, 0.4) is 0 Å². The standard InChI is InChI=1S/C15H20N2OS2/c18-15(14-9-19-10-16-14)17-11-5-7-13(8-6-11)20-12-3-1-2-4-12/h5-8,12,14,16H,1-4,9-10H2,(H,17,18). The highest BCUT2D eigenvalue weighted by Crippen LogP contribution is 2.34. The van der Waals surface area contributed by atoms with E-state index in [0.717, 1.165) is 22.6 Å². The van der Waals surface area contributed by atoms with Crippen LogP contribution in [0.25, 0.3) is 0 Å². The van der Waals surface area contributed by atoms with Gasteiger partial charge in [-0.3, -0.25) is 10.1 Å². The second-order valence-corrected chi connectivity index (χ2v) is 7.71. The van der Waals surface area contributed by atoms with Gasteiger partial charge in [0, 0.05) is 27.5 Å². The molecule has 1 amide bonds. The Morgan fingerprint density at radius 3 is 2.65 bits per heavy atom. The Kier molecular flexibility index (Phi) is 4.91. The van der Waals surface area contributed by atoms with Gasteiger partial charge >= 0.3 is 0 Å². The molecule has 0 radical (unpaired) electrons. The van der Waals surface area contributed by atoms with Crippen molar-refractivity contribution in [2.24, 2.45) is 0 Å². The molecule has 1 aliphatic carbocycles. The maximum absolute atomic E-state index is 12.0. The molecule has 1 heterocycles. The van der Waals surface area contributed by atoms with E-state index in [1.54, 1.807) is 11.8 Å². The number of anilines is 1. The summed E-state index contributed by atoms with van der Waals surface area (Å²) in [7, 11) is 0. The first-order chi connectivity index (χ1) is 9.81. The van der Waals surface area contributed by atoms with E-state index >= 15 is 0 Å². The van der Waals surface area contributed by atoms with Gasteiger partial charge in [-0.1, -0.05) is 12.8 Å². The Labute approximate surface area is 128 Å². The van der Waals surface area contributed by atoms with E-state index in [1.165, 1.54) is 30.6 Å². The Morgan fingerprint density at radius 2 is 2.00 bits per heavy atom. The minimum atomic E-state index is -0.0486. The van der Waals surface area contributed by atoms with Gasteiger partial charge in [-0.05, 0) is 37.1 Å². The molecule has 1 aromatic carbocycles. The van der Waals surface area contributed by atoms with Crippen LogP contribution in [-0.4, -0.2) is 28.8 Å². The molecule has 3 nitrogen and oxygen atoms in total. The molecule has 2 aliphatic rings. The van der Waals surface area contributed by atoms with Gasteiger partial charge in [0.1, 0.15) is 0 Å². The number of benzene rings is 1. The fourth-order valence-electron chi connectivity index (χ4n) is 2.61. The summed E-state index contributed by atoms with van der Waals surface area (Å²) >= 11 is 3.74. The molecule has 1 saturated carbocycles. The van der Waals surface area contributed by atoms with Crippen LogP contribution in [0.2, 0.25) is 0 Å². The van der Waals surface area contributed by atoms with E-state index in [9.17, 15) is 4.79 Å². The van der Waals surface area contributed by atoms with E-state index in [4.69, 9.17) is 0 Å². The number of carbonyl (C=O) groups is 1. The molecule has 0 aromatic heterocycles. The predicted molar refractivity (Wildman–Crippen MR) is 87.4 cm³/mol. The molecule has 5 heteroatoms. The molecule has 1 aliphatic heterocycles. The minimum absolute atomic E-state index is 0.0486. The Hall–Kier alpha value is -0.650. The van der Waals surface area contributed by atoms with Crippen molar-refractivity contribution in [1.82, 2.24) is 5.32 Å². The molecule has 1 saturated heterocycles. The number of thioether (sulfide) groups is 2. The topological polar surface area (TPSA) is 41.1 Å². The maximum atomic E-state index is 12.0. The molecule has 2 fully saturated rings. The van der Waals surface area contributed by atoms with E-state index in [0.29, 0.717) is 0 Å². The van der Waals surface area contributed by atoms with Gasteiger partial charge in [0.2, 0.25) is 5.91 Å². The van der Waals surface area contributed by atoms with Crippen molar-refractivity contribution in [3.05, 3.63) is 24.3 Å². The first-order valence-electron chi connectivity index (χ1n) is 7.20. The fraction of sp³-hybridized carbons (Fsp3) is 0.533. The van der Waals surface area contributed by atoms with Gasteiger partial charge in [0.25, 0.3) is 0 Å². The first kappa shape index (κ1) is 14.3. The quantitative estimate of drug-likeness (QED) is 0.895. The summed E-state index contributed by atoms with van der Waals surface area (Å²) < 4.78 is 0. The van der Waals surface area contributed by atoms with Gasteiger partial charge in [-0.2, -0.15) is 0 Å². The average Bonchev–Trinajstić information content (AvgIpc) is 3.13. The number of carbonyl (C=O) groups excluding carboxylic acids is 1. The molecule has 0 bridgehead atoms. The number of hydrogen-bond acceptors (Lipinski definition) is 4. The maximum Gasteiger partial charge on any atom is 0.242 e. The number of hydrogen-bond donors (Lipinski definition) is 2. The largest absolute Gasteiger partial charge is 0.325 e. The fourth-order valence-corrected chi connectivity index (χ4v) is 4.80. The molecule has 1 atom stereocenters. The van der Waals surface area contributed by atoms with Crippen molar-refractivity contribution in [1.29, 1.82) is 0 Å². The van der Waals surface area contributed by atoms with Gasteiger partial charge in [-0.15, -0.1) is 23.5 Å². The van der Waals surface area contributed by atoms with Gasteiger partial charge in [0.15, 0.2) is 0 Å². The highest BCUT2D eigenvalue weighted by Gasteiger charge is 2.22. The van der Waals surface area contributed by atoms with Crippen LogP contribution >= 0.6 is 23.5 Å². The van der Waals surface area contributed by atoms with Crippen molar-refractivity contribution < 1.29 is 4.79 Å². The molecular weight excluding hydrogens is 288 g/mol. The molecular formula is C15H20N2OS2. The molecule has 2 N–H and O–H groups in total.